The fraction of sp³-hybridized carbons (Fsp3) is 0.571. The van der Waals surface area contributed by atoms with Crippen molar-refractivity contribution in [2.75, 3.05) is 16.8 Å². The molecule has 1 aliphatic rings. The molecule has 1 aliphatic heterocycles. The molecule has 1 aromatic carbocycles. The topological polar surface area (TPSA) is 12.0 Å². The first kappa shape index (κ1) is 13.7. The van der Waals surface area contributed by atoms with Crippen LogP contribution in [0.3, 0.4) is 0 Å². The van der Waals surface area contributed by atoms with E-state index in [1.54, 1.807) is 6.92 Å². The maximum Gasteiger partial charge on any atom is 0.146 e. The zero-order valence-corrected chi connectivity index (χ0v) is 11.8. The van der Waals surface area contributed by atoms with Crippen molar-refractivity contribution in [3.8, 4) is 0 Å². The summed E-state index contributed by atoms with van der Waals surface area (Å²) in [5.74, 6) is 1.33. The van der Waals surface area contributed by atoms with Gasteiger partial charge < -0.3 is 5.32 Å². The zero-order valence-electron chi connectivity index (χ0n) is 11.0. The van der Waals surface area contributed by atoms with E-state index in [2.05, 4.69) is 19.2 Å². The number of anilines is 1. The van der Waals surface area contributed by atoms with Crippen molar-refractivity contribution < 1.29 is 8.78 Å². The lowest BCUT2D eigenvalue weighted by molar-refractivity contribution is 0.357. The van der Waals surface area contributed by atoms with Gasteiger partial charge in [0.15, 0.2) is 0 Å². The monoisotopic (exact) mass is 271 g/mol. The van der Waals surface area contributed by atoms with Crippen LogP contribution in [0.4, 0.5) is 14.5 Å². The number of aryl methyl sites for hydroxylation is 1. The lowest BCUT2D eigenvalue weighted by atomic mass is 9.87. The van der Waals surface area contributed by atoms with Gasteiger partial charge in [0.25, 0.3) is 0 Å². The summed E-state index contributed by atoms with van der Waals surface area (Å²) in [6.45, 7) is 5.99. The lowest BCUT2D eigenvalue weighted by Crippen LogP contribution is -2.35. The van der Waals surface area contributed by atoms with E-state index in [4.69, 9.17) is 0 Å². The van der Waals surface area contributed by atoms with E-state index >= 15 is 0 Å². The Balaban J connectivity index is 2.12. The van der Waals surface area contributed by atoms with Crippen molar-refractivity contribution in [3.63, 3.8) is 0 Å². The molecule has 0 aromatic heterocycles. The van der Waals surface area contributed by atoms with E-state index in [-0.39, 0.29) is 28.8 Å². The van der Waals surface area contributed by atoms with Gasteiger partial charge in [0.2, 0.25) is 0 Å². The summed E-state index contributed by atoms with van der Waals surface area (Å²) >= 11 is 1.86. The summed E-state index contributed by atoms with van der Waals surface area (Å²) in [6, 6.07) is 2.71. The predicted octanol–water partition coefficient (Wildman–Crippen LogP) is 4.22. The van der Waals surface area contributed by atoms with Gasteiger partial charge in [-0.15, -0.1) is 0 Å². The summed E-state index contributed by atoms with van der Waals surface area (Å²) in [7, 11) is 0. The average Bonchev–Trinajstić information content (AvgIpc) is 2.24. The second-order valence-electron chi connectivity index (χ2n) is 5.81. The highest BCUT2D eigenvalue weighted by molar-refractivity contribution is 7.99. The fourth-order valence-corrected chi connectivity index (χ4v) is 3.61. The van der Waals surface area contributed by atoms with Gasteiger partial charge in [-0.05, 0) is 36.1 Å². The Hall–Kier alpha value is -0.770. The molecule has 1 atom stereocenters. The Morgan fingerprint density at radius 1 is 1.28 bits per heavy atom. The fourth-order valence-electron chi connectivity index (χ4n) is 2.33. The predicted molar refractivity (Wildman–Crippen MR) is 74.2 cm³/mol. The Labute approximate surface area is 111 Å². The largest absolute Gasteiger partial charge is 0.379 e. The molecule has 2 rings (SSSR count). The number of hydrogen-bond acceptors (Lipinski definition) is 2. The van der Waals surface area contributed by atoms with Crippen LogP contribution in [0.15, 0.2) is 12.1 Å². The van der Waals surface area contributed by atoms with Crippen LogP contribution in [0.1, 0.15) is 25.8 Å². The standard InChI is InChI=1S/C14H19F2NS/c1-9-4-12(16)13(5-11(9)15)17-10-6-14(2,3)8-18-7-10/h4-5,10,17H,6-8H2,1-3H3. The van der Waals surface area contributed by atoms with Crippen LogP contribution < -0.4 is 5.32 Å². The SMILES string of the molecule is Cc1cc(F)c(NC2CSCC(C)(C)C2)cc1F. The molecule has 1 nitrogen and oxygen atoms in total. The van der Waals surface area contributed by atoms with Gasteiger partial charge in [-0.3, -0.25) is 0 Å². The molecule has 1 unspecified atom stereocenters. The molecule has 4 heteroatoms. The van der Waals surface area contributed by atoms with Gasteiger partial charge >= 0.3 is 0 Å². The van der Waals surface area contributed by atoms with Gasteiger partial charge in [0, 0.05) is 17.9 Å². The van der Waals surface area contributed by atoms with Crippen LogP contribution >= 0.6 is 11.8 Å². The first-order valence-electron chi connectivity index (χ1n) is 6.17. The first-order valence-corrected chi connectivity index (χ1v) is 7.33. The number of rotatable bonds is 2. The molecule has 0 aliphatic carbocycles. The quantitative estimate of drug-likeness (QED) is 0.864. The summed E-state index contributed by atoms with van der Waals surface area (Å²) in [4.78, 5) is 0. The molecule has 100 valence electrons. The van der Waals surface area contributed by atoms with Gasteiger partial charge in [-0.25, -0.2) is 8.78 Å². The Morgan fingerprint density at radius 3 is 2.67 bits per heavy atom. The molecule has 0 bridgehead atoms. The molecular formula is C14H19F2NS. The molecule has 0 saturated carbocycles. The maximum atomic E-state index is 13.7. The number of nitrogens with one attached hydrogen (secondary N) is 1. The van der Waals surface area contributed by atoms with E-state index in [9.17, 15) is 8.78 Å². The third-order valence-corrected chi connectivity index (χ3v) is 4.84. The Morgan fingerprint density at radius 2 is 2.00 bits per heavy atom. The summed E-state index contributed by atoms with van der Waals surface area (Å²) in [5.41, 5.74) is 0.873. The number of halogens is 2. The van der Waals surface area contributed by atoms with Crippen molar-refractivity contribution >= 4 is 17.4 Å². The second-order valence-corrected chi connectivity index (χ2v) is 6.84. The van der Waals surface area contributed by atoms with Gasteiger partial charge in [0.1, 0.15) is 11.6 Å². The van der Waals surface area contributed by atoms with Crippen molar-refractivity contribution in [1.82, 2.24) is 0 Å². The van der Waals surface area contributed by atoms with Gasteiger partial charge in [0.05, 0.1) is 5.69 Å². The normalized spacial score (nSPS) is 22.8. The third-order valence-electron chi connectivity index (χ3n) is 3.22. The van der Waals surface area contributed by atoms with Crippen LogP contribution in [0.2, 0.25) is 0 Å². The van der Waals surface area contributed by atoms with E-state index in [0.717, 1.165) is 17.9 Å². The zero-order chi connectivity index (χ0) is 13.3. The maximum absolute atomic E-state index is 13.7. The summed E-state index contributed by atoms with van der Waals surface area (Å²) in [5, 5.41) is 3.14. The molecular weight excluding hydrogens is 252 g/mol. The first-order chi connectivity index (χ1) is 8.37. The molecule has 1 fully saturated rings. The van der Waals surface area contributed by atoms with Gasteiger partial charge in [-0.2, -0.15) is 11.8 Å². The van der Waals surface area contributed by atoms with Crippen molar-refractivity contribution in [2.24, 2.45) is 5.41 Å². The van der Waals surface area contributed by atoms with Crippen LogP contribution in [0, 0.1) is 24.0 Å². The van der Waals surface area contributed by atoms with Crippen LogP contribution in [-0.4, -0.2) is 17.5 Å². The highest BCUT2D eigenvalue weighted by atomic mass is 32.2. The second kappa shape index (κ2) is 5.08. The number of thioether (sulfide) groups is 1. The molecule has 1 aromatic rings. The minimum absolute atomic E-state index is 0.204. The van der Waals surface area contributed by atoms with Crippen LogP contribution in [0.25, 0.3) is 0 Å². The van der Waals surface area contributed by atoms with E-state index in [0.29, 0.717) is 5.56 Å². The molecule has 0 spiro atoms. The highest BCUT2D eigenvalue weighted by Gasteiger charge is 2.28. The van der Waals surface area contributed by atoms with E-state index in [1.807, 2.05) is 11.8 Å². The Kier molecular flexibility index (Phi) is 3.85. The minimum Gasteiger partial charge on any atom is -0.379 e. The molecule has 0 amide bonds. The van der Waals surface area contributed by atoms with Gasteiger partial charge in [-0.1, -0.05) is 13.8 Å². The molecule has 1 N–H and O–H groups in total. The van der Waals surface area contributed by atoms with Crippen molar-refractivity contribution in [3.05, 3.63) is 29.3 Å². The van der Waals surface area contributed by atoms with E-state index in [1.165, 1.54) is 12.1 Å². The number of benzene rings is 1. The lowest BCUT2D eigenvalue weighted by Gasteiger charge is -2.35. The van der Waals surface area contributed by atoms with E-state index < -0.39 is 0 Å². The summed E-state index contributed by atoms with van der Waals surface area (Å²) < 4.78 is 27.2. The molecule has 0 radical (unpaired) electrons. The molecule has 18 heavy (non-hydrogen) atoms. The van der Waals surface area contributed by atoms with Crippen LogP contribution in [-0.2, 0) is 0 Å². The summed E-state index contributed by atoms with van der Waals surface area (Å²) in [6.07, 6.45) is 0.981. The average molecular weight is 271 g/mol. The van der Waals surface area contributed by atoms with Crippen molar-refractivity contribution in [1.29, 1.82) is 0 Å². The smallest absolute Gasteiger partial charge is 0.146 e. The third kappa shape index (κ3) is 3.16. The van der Waals surface area contributed by atoms with Crippen LogP contribution in [0.5, 0.6) is 0 Å². The Bertz CT molecular complexity index is 446. The highest BCUT2D eigenvalue weighted by Crippen LogP contribution is 2.35. The van der Waals surface area contributed by atoms with Crippen molar-refractivity contribution in [2.45, 2.75) is 33.2 Å². The number of hydrogen-bond donors (Lipinski definition) is 1. The molecule has 1 saturated heterocycles. The minimum atomic E-state index is -0.373. The molecule has 1 heterocycles.